The average Bonchev–Trinajstić information content (AvgIpc) is 3.77. The number of aliphatic carboxylic acids is 1. The Morgan fingerprint density at radius 2 is 1.14 bits per heavy atom. The van der Waals surface area contributed by atoms with E-state index in [9.17, 15) is 34.5 Å². The SMILES string of the molecule is N[C@H](Cc1cc(-c2ccc(C(=O)O)s2)sc1-c1ccc(-c2sc(-c3ccc(C(=O)O)s3)cc2C[C@H](N)C(=O)O)s1)OC=O. The molecule has 7 N–H and O–H groups in total. The highest BCUT2D eigenvalue weighted by molar-refractivity contribution is 7.30. The molecule has 0 fully saturated rings. The van der Waals surface area contributed by atoms with E-state index < -0.39 is 30.2 Å². The van der Waals surface area contributed by atoms with Crippen molar-refractivity contribution in [3.8, 4) is 39.0 Å². The Kier molecular flexibility index (Phi) is 9.22. The Labute approximate surface area is 264 Å². The van der Waals surface area contributed by atoms with Crippen molar-refractivity contribution in [1.82, 2.24) is 0 Å². The monoisotopic (exact) mass is 674 g/mol. The smallest absolute Gasteiger partial charge is 0.345 e. The lowest BCUT2D eigenvalue weighted by Gasteiger charge is -2.09. The normalized spacial score (nSPS) is 12.6. The Morgan fingerprint density at radius 1 is 0.674 bits per heavy atom. The van der Waals surface area contributed by atoms with Gasteiger partial charge in [0.15, 0.2) is 6.23 Å². The molecule has 15 heteroatoms. The lowest BCUT2D eigenvalue weighted by molar-refractivity contribution is -0.138. The topological polar surface area (TPSA) is 190 Å². The molecule has 0 amide bonds. The van der Waals surface area contributed by atoms with E-state index in [1.807, 2.05) is 24.3 Å². The zero-order valence-electron chi connectivity index (χ0n) is 21.8. The van der Waals surface area contributed by atoms with Gasteiger partial charge >= 0.3 is 17.9 Å². The Morgan fingerprint density at radius 3 is 1.56 bits per heavy atom. The van der Waals surface area contributed by atoms with Gasteiger partial charge in [0.2, 0.25) is 0 Å². The lowest BCUT2D eigenvalue weighted by Crippen LogP contribution is -2.32. The van der Waals surface area contributed by atoms with Gasteiger partial charge in [-0.05, 0) is 66.1 Å². The molecule has 0 saturated carbocycles. The van der Waals surface area contributed by atoms with Crippen LogP contribution in [-0.4, -0.2) is 52.0 Å². The number of carbonyl (C=O) groups is 4. The summed E-state index contributed by atoms with van der Waals surface area (Å²) in [5.74, 6) is -3.15. The van der Waals surface area contributed by atoms with Crippen LogP contribution in [0.3, 0.4) is 0 Å². The molecule has 10 nitrogen and oxygen atoms in total. The number of hydrogen-bond donors (Lipinski definition) is 5. The number of aromatic carboxylic acids is 2. The number of nitrogens with two attached hydrogens (primary N) is 2. The first kappa shape index (κ1) is 30.7. The molecule has 5 heterocycles. The molecular weight excluding hydrogens is 653 g/mol. The molecule has 5 aromatic heterocycles. The van der Waals surface area contributed by atoms with Gasteiger partial charge in [0.05, 0.1) is 0 Å². The highest BCUT2D eigenvalue weighted by Gasteiger charge is 2.23. The van der Waals surface area contributed by atoms with Crippen molar-refractivity contribution < 1.29 is 39.2 Å². The third-order valence-electron chi connectivity index (χ3n) is 6.20. The Bertz CT molecular complexity index is 1830. The first-order chi connectivity index (χ1) is 20.5. The highest BCUT2D eigenvalue weighted by atomic mass is 32.1. The fraction of sp³-hybridized carbons (Fsp3) is 0.143. The maximum atomic E-state index is 11.6. The molecule has 0 unspecified atom stereocenters. The molecule has 5 rings (SSSR count). The van der Waals surface area contributed by atoms with E-state index in [1.165, 1.54) is 40.1 Å². The van der Waals surface area contributed by atoms with Gasteiger partial charge in [0.25, 0.3) is 6.47 Å². The summed E-state index contributed by atoms with van der Waals surface area (Å²) in [6.07, 6.45) is -0.551. The molecule has 0 aliphatic heterocycles. The third kappa shape index (κ3) is 6.78. The van der Waals surface area contributed by atoms with Crippen LogP contribution < -0.4 is 11.5 Å². The second kappa shape index (κ2) is 12.9. The van der Waals surface area contributed by atoms with Gasteiger partial charge in [-0.1, -0.05) is 0 Å². The molecule has 0 saturated heterocycles. The van der Waals surface area contributed by atoms with Crippen molar-refractivity contribution in [3.63, 3.8) is 0 Å². The maximum Gasteiger partial charge on any atom is 0.345 e. The van der Waals surface area contributed by atoms with Crippen molar-refractivity contribution in [3.05, 3.63) is 69.4 Å². The van der Waals surface area contributed by atoms with Crippen LogP contribution in [0, 0.1) is 0 Å². The molecule has 0 aromatic carbocycles. The Hall–Kier alpha value is -3.70. The molecular formula is C28H22N2O8S5. The molecule has 0 aliphatic carbocycles. The highest BCUT2D eigenvalue weighted by Crippen LogP contribution is 2.48. The zero-order valence-corrected chi connectivity index (χ0v) is 25.9. The van der Waals surface area contributed by atoms with E-state index in [0.717, 1.165) is 72.8 Å². The van der Waals surface area contributed by atoms with E-state index in [2.05, 4.69) is 0 Å². The molecule has 5 aromatic rings. The molecule has 0 bridgehead atoms. The van der Waals surface area contributed by atoms with E-state index in [-0.39, 0.29) is 22.6 Å². The summed E-state index contributed by atoms with van der Waals surface area (Å²) in [6.45, 7) is 0.296. The maximum absolute atomic E-state index is 11.6. The quantitative estimate of drug-likeness (QED) is 0.0730. The van der Waals surface area contributed by atoms with Crippen LogP contribution in [0.25, 0.3) is 39.0 Å². The second-order valence-corrected chi connectivity index (χ2v) is 14.5. The first-order valence-electron chi connectivity index (χ1n) is 12.4. The largest absolute Gasteiger partial charge is 0.480 e. The van der Waals surface area contributed by atoms with Crippen LogP contribution >= 0.6 is 56.7 Å². The van der Waals surface area contributed by atoms with Gasteiger partial charge in [-0.2, -0.15) is 0 Å². The van der Waals surface area contributed by atoms with Gasteiger partial charge in [-0.25, -0.2) is 9.59 Å². The number of thiophene rings is 5. The fourth-order valence-corrected chi connectivity index (χ4v) is 9.77. The van der Waals surface area contributed by atoms with E-state index in [0.29, 0.717) is 6.47 Å². The summed E-state index contributed by atoms with van der Waals surface area (Å²) in [6, 6.07) is 13.1. The summed E-state index contributed by atoms with van der Waals surface area (Å²) in [5.41, 5.74) is 13.5. The predicted octanol–water partition coefficient (Wildman–Crippen LogP) is 6.01. The average molecular weight is 675 g/mol. The number of rotatable bonds is 13. The minimum atomic E-state index is -1.13. The molecule has 2 atom stereocenters. The van der Waals surface area contributed by atoms with Crippen LogP contribution in [0.5, 0.6) is 0 Å². The minimum absolute atomic E-state index is 0.0855. The second-order valence-electron chi connectivity index (χ2n) is 9.16. The number of ether oxygens (including phenoxy) is 1. The van der Waals surface area contributed by atoms with Crippen molar-refractivity contribution in [2.75, 3.05) is 0 Å². The molecule has 0 radical (unpaired) electrons. The van der Waals surface area contributed by atoms with Gasteiger partial charge < -0.3 is 25.8 Å². The lowest BCUT2D eigenvalue weighted by atomic mass is 10.1. The fourth-order valence-electron chi connectivity index (χ4n) is 4.23. The van der Waals surface area contributed by atoms with E-state index in [1.54, 1.807) is 18.2 Å². The minimum Gasteiger partial charge on any atom is -0.480 e. The number of hydrogen-bond acceptors (Lipinski definition) is 12. The molecule has 43 heavy (non-hydrogen) atoms. The Balaban J connectivity index is 1.55. The number of carboxylic acids is 3. The van der Waals surface area contributed by atoms with Gasteiger partial charge in [0.1, 0.15) is 15.8 Å². The number of carboxylic acid groups (broad SMARTS) is 3. The van der Waals surface area contributed by atoms with Crippen molar-refractivity contribution >= 4 is 81.1 Å². The molecule has 222 valence electrons. The summed E-state index contributed by atoms with van der Waals surface area (Å²) in [7, 11) is 0. The van der Waals surface area contributed by atoms with Crippen LogP contribution in [-0.2, 0) is 27.2 Å². The zero-order chi connectivity index (χ0) is 30.8. The van der Waals surface area contributed by atoms with Crippen LogP contribution in [0.15, 0.2) is 48.5 Å². The first-order valence-corrected chi connectivity index (χ1v) is 16.5. The van der Waals surface area contributed by atoms with Crippen LogP contribution in [0.4, 0.5) is 0 Å². The summed E-state index contributed by atoms with van der Waals surface area (Å²) < 4.78 is 4.93. The van der Waals surface area contributed by atoms with E-state index >= 15 is 0 Å². The van der Waals surface area contributed by atoms with Crippen LogP contribution in [0.2, 0.25) is 0 Å². The summed E-state index contributed by atoms with van der Waals surface area (Å²) in [4.78, 5) is 52.4. The van der Waals surface area contributed by atoms with Crippen molar-refractivity contribution in [1.29, 1.82) is 0 Å². The van der Waals surface area contributed by atoms with Gasteiger partial charge in [-0.3, -0.25) is 15.3 Å². The van der Waals surface area contributed by atoms with Gasteiger partial charge in [0, 0.05) is 45.4 Å². The number of carbonyl (C=O) groups excluding carboxylic acids is 1. The summed E-state index contributed by atoms with van der Waals surface area (Å²) >= 11 is 6.68. The van der Waals surface area contributed by atoms with Crippen molar-refractivity contribution in [2.45, 2.75) is 25.1 Å². The molecule has 0 spiro atoms. The van der Waals surface area contributed by atoms with Gasteiger partial charge in [-0.15, -0.1) is 56.7 Å². The van der Waals surface area contributed by atoms with Crippen LogP contribution in [0.1, 0.15) is 30.5 Å². The van der Waals surface area contributed by atoms with E-state index in [4.69, 9.17) is 16.2 Å². The standard InChI is InChI=1S/C28H22N2O8S5/c29-14(26(32)33)7-12-8-21(15-1-5-19(39-15)27(34)35)42-24(12)17-3-4-18(41-17)25-13(10-23(30)38-11-31)9-22(43-25)16-2-6-20(40-16)28(36)37/h1-6,8-9,11,14,23H,7,10,29-30H2,(H,32,33)(H,34,35)(H,36,37)/t14-,23-/m0/s1. The van der Waals surface area contributed by atoms with Crippen molar-refractivity contribution in [2.24, 2.45) is 11.5 Å². The predicted molar refractivity (Wildman–Crippen MR) is 170 cm³/mol. The summed E-state index contributed by atoms with van der Waals surface area (Å²) in [5, 5.41) is 28.2. The third-order valence-corrected chi connectivity index (χ3v) is 12.5. The molecule has 0 aliphatic rings.